The first-order valence-electron chi connectivity index (χ1n) is 7.99. The number of ether oxygens (including phenoxy) is 1. The SMILES string of the molecule is CCc1ccccc1NC(=O)CSc1nc(C)cc(COC)c1C#N. The molecule has 1 amide bonds. The van der Waals surface area contributed by atoms with Crippen molar-refractivity contribution in [1.82, 2.24) is 4.98 Å². The lowest BCUT2D eigenvalue weighted by Gasteiger charge is -2.11. The normalized spacial score (nSPS) is 10.3. The molecular weight excluding hydrogens is 334 g/mol. The number of rotatable bonds is 7. The third kappa shape index (κ3) is 5.05. The van der Waals surface area contributed by atoms with Gasteiger partial charge in [0.1, 0.15) is 11.1 Å². The van der Waals surface area contributed by atoms with Crippen molar-refractivity contribution in [2.75, 3.05) is 18.2 Å². The maximum atomic E-state index is 12.3. The van der Waals surface area contributed by atoms with Gasteiger partial charge in [-0.05, 0) is 36.6 Å². The molecule has 0 aliphatic carbocycles. The number of thioether (sulfide) groups is 1. The summed E-state index contributed by atoms with van der Waals surface area (Å²) >= 11 is 1.27. The highest BCUT2D eigenvalue weighted by Crippen LogP contribution is 2.25. The number of nitriles is 1. The maximum absolute atomic E-state index is 12.3. The average Bonchev–Trinajstić information content (AvgIpc) is 2.60. The summed E-state index contributed by atoms with van der Waals surface area (Å²) in [6.07, 6.45) is 0.849. The number of nitrogens with one attached hydrogen (secondary N) is 1. The monoisotopic (exact) mass is 355 g/mol. The number of hydrogen-bond donors (Lipinski definition) is 1. The minimum Gasteiger partial charge on any atom is -0.380 e. The molecule has 0 spiro atoms. The first kappa shape index (κ1) is 19.0. The van der Waals surface area contributed by atoms with Gasteiger partial charge < -0.3 is 10.1 Å². The second-order valence-corrected chi connectivity index (χ2v) is 6.46. The molecule has 25 heavy (non-hydrogen) atoms. The lowest BCUT2D eigenvalue weighted by molar-refractivity contribution is -0.113. The Balaban J connectivity index is 2.10. The molecule has 0 aliphatic rings. The van der Waals surface area contributed by atoms with Gasteiger partial charge in [-0.3, -0.25) is 4.79 Å². The van der Waals surface area contributed by atoms with Crippen LogP contribution < -0.4 is 5.32 Å². The number of para-hydroxylation sites is 1. The van der Waals surface area contributed by atoms with Crippen LogP contribution >= 0.6 is 11.8 Å². The summed E-state index contributed by atoms with van der Waals surface area (Å²) in [6, 6.07) is 11.8. The molecule has 0 saturated carbocycles. The predicted molar refractivity (Wildman–Crippen MR) is 99.6 cm³/mol. The van der Waals surface area contributed by atoms with E-state index in [0.717, 1.165) is 28.9 Å². The van der Waals surface area contributed by atoms with Crippen molar-refractivity contribution in [3.05, 3.63) is 52.7 Å². The summed E-state index contributed by atoms with van der Waals surface area (Å²) < 4.78 is 5.14. The second kappa shape index (κ2) is 9.21. The van der Waals surface area contributed by atoms with Crippen molar-refractivity contribution < 1.29 is 9.53 Å². The van der Waals surface area contributed by atoms with Crippen LogP contribution in [0, 0.1) is 18.3 Å². The number of aryl methyl sites for hydroxylation is 2. The summed E-state index contributed by atoms with van der Waals surface area (Å²) in [5.41, 5.74) is 3.98. The zero-order chi connectivity index (χ0) is 18.2. The number of carbonyl (C=O) groups is 1. The van der Waals surface area contributed by atoms with Gasteiger partial charge in [0.05, 0.1) is 17.9 Å². The van der Waals surface area contributed by atoms with Crippen LogP contribution in [0.5, 0.6) is 0 Å². The highest BCUT2D eigenvalue weighted by Gasteiger charge is 2.14. The van der Waals surface area contributed by atoms with Gasteiger partial charge in [0.2, 0.25) is 5.91 Å². The van der Waals surface area contributed by atoms with Crippen LogP contribution in [0.3, 0.4) is 0 Å². The number of hydrogen-bond acceptors (Lipinski definition) is 5. The molecule has 5 nitrogen and oxygen atoms in total. The molecule has 0 unspecified atom stereocenters. The van der Waals surface area contributed by atoms with E-state index in [1.807, 2.05) is 44.2 Å². The van der Waals surface area contributed by atoms with Crippen LogP contribution in [0.4, 0.5) is 5.69 Å². The molecule has 1 aromatic heterocycles. The van der Waals surface area contributed by atoms with Crippen LogP contribution in [0.15, 0.2) is 35.4 Å². The van der Waals surface area contributed by atoms with E-state index in [1.165, 1.54) is 11.8 Å². The third-order valence-corrected chi connectivity index (χ3v) is 4.60. The summed E-state index contributed by atoms with van der Waals surface area (Å²) in [7, 11) is 1.59. The standard InChI is InChI=1S/C19H21N3O2S/c1-4-14-7-5-6-8-17(14)22-18(23)12-25-19-16(10-20)15(11-24-3)9-13(2)21-19/h5-9H,4,11-12H2,1-3H3,(H,22,23). The van der Waals surface area contributed by atoms with Gasteiger partial charge in [-0.15, -0.1) is 0 Å². The molecule has 2 aromatic rings. The van der Waals surface area contributed by atoms with E-state index in [0.29, 0.717) is 17.2 Å². The molecule has 0 bridgehead atoms. The molecule has 130 valence electrons. The van der Waals surface area contributed by atoms with Crippen LogP contribution in [0.25, 0.3) is 0 Å². The molecule has 1 heterocycles. The predicted octanol–water partition coefficient (Wildman–Crippen LogP) is 3.70. The highest BCUT2D eigenvalue weighted by atomic mass is 32.2. The molecule has 2 rings (SSSR count). The zero-order valence-corrected chi connectivity index (χ0v) is 15.4. The van der Waals surface area contributed by atoms with Crippen LogP contribution in [0.2, 0.25) is 0 Å². The molecule has 1 aromatic carbocycles. The number of pyridine rings is 1. The lowest BCUT2D eigenvalue weighted by atomic mass is 10.1. The molecule has 6 heteroatoms. The third-order valence-electron chi connectivity index (χ3n) is 3.62. The van der Waals surface area contributed by atoms with Crippen LogP contribution in [-0.4, -0.2) is 23.8 Å². The van der Waals surface area contributed by atoms with Crippen molar-refractivity contribution >= 4 is 23.4 Å². The summed E-state index contributed by atoms with van der Waals surface area (Å²) in [4.78, 5) is 16.7. The van der Waals surface area contributed by atoms with Gasteiger partial charge in [0.15, 0.2) is 0 Å². The Morgan fingerprint density at radius 2 is 2.12 bits per heavy atom. The number of amides is 1. The summed E-state index contributed by atoms with van der Waals surface area (Å²) in [6.45, 7) is 4.25. The van der Waals surface area contributed by atoms with Gasteiger partial charge in [0, 0.05) is 18.5 Å². The van der Waals surface area contributed by atoms with Crippen LogP contribution in [0.1, 0.15) is 29.3 Å². The Morgan fingerprint density at radius 1 is 1.36 bits per heavy atom. The number of carbonyl (C=O) groups excluding carboxylic acids is 1. The van der Waals surface area contributed by atoms with Crippen LogP contribution in [-0.2, 0) is 22.6 Å². The minimum absolute atomic E-state index is 0.119. The van der Waals surface area contributed by atoms with Crippen molar-refractivity contribution in [2.24, 2.45) is 0 Å². The molecule has 0 fully saturated rings. The zero-order valence-electron chi connectivity index (χ0n) is 14.6. The first-order valence-corrected chi connectivity index (χ1v) is 8.97. The molecule has 0 radical (unpaired) electrons. The van der Waals surface area contributed by atoms with Gasteiger partial charge in [0.25, 0.3) is 0 Å². The second-order valence-electron chi connectivity index (χ2n) is 5.50. The minimum atomic E-state index is -0.119. The van der Waals surface area contributed by atoms with Crippen molar-refractivity contribution in [1.29, 1.82) is 5.26 Å². The van der Waals surface area contributed by atoms with E-state index >= 15 is 0 Å². The van der Waals surface area contributed by atoms with Crippen molar-refractivity contribution in [3.8, 4) is 6.07 Å². The van der Waals surface area contributed by atoms with E-state index in [9.17, 15) is 10.1 Å². The Morgan fingerprint density at radius 3 is 2.80 bits per heavy atom. The summed E-state index contributed by atoms with van der Waals surface area (Å²) in [5, 5.41) is 12.9. The van der Waals surface area contributed by atoms with Gasteiger partial charge in [-0.2, -0.15) is 5.26 Å². The highest BCUT2D eigenvalue weighted by molar-refractivity contribution is 8.00. The Kier molecular flexibility index (Phi) is 6.99. The Hall–Kier alpha value is -2.36. The molecule has 0 aliphatic heterocycles. The van der Waals surface area contributed by atoms with Gasteiger partial charge in [-0.1, -0.05) is 36.9 Å². The van der Waals surface area contributed by atoms with Gasteiger partial charge in [-0.25, -0.2) is 4.98 Å². The maximum Gasteiger partial charge on any atom is 0.234 e. The van der Waals surface area contributed by atoms with E-state index in [2.05, 4.69) is 16.4 Å². The fourth-order valence-electron chi connectivity index (χ4n) is 2.47. The van der Waals surface area contributed by atoms with Crippen molar-refractivity contribution in [3.63, 3.8) is 0 Å². The average molecular weight is 355 g/mol. The lowest BCUT2D eigenvalue weighted by Crippen LogP contribution is -2.15. The van der Waals surface area contributed by atoms with E-state index in [4.69, 9.17) is 4.74 Å². The number of anilines is 1. The van der Waals surface area contributed by atoms with Crippen molar-refractivity contribution in [2.45, 2.75) is 31.9 Å². The number of methoxy groups -OCH3 is 1. The number of benzene rings is 1. The fraction of sp³-hybridized carbons (Fsp3) is 0.316. The molecule has 0 saturated heterocycles. The number of nitrogens with zero attached hydrogens (tertiary/aromatic N) is 2. The molecular formula is C19H21N3O2S. The molecule has 0 atom stereocenters. The van der Waals surface area contributed by atoms with E-state index in [-0.39, 0.29) is 11.7 Å². The largest absolute Gasteiger partial charge is 0.380 e. The van der Waals surface area contributed by atoms with E-state index in [1.54, 1.807) is 7.11 Å². The van der Waals surface area contributed by atoms with E-state index < -0.39 is 0 Å². The first-order chi connectivity index (χ1) is 12.1. The molecule has 1 N–H and O–H groups in total. The summed E-state index contributed by atoms with van der Waals surface area (Å²) in [5.74, 6) is 0.0710. The Labute approximate surface area is 152 Å². The Bertz CT molecular complexity index is 800. The quantitative estimate of drug-likeness (QED) is 0.767. The smallest absolute Gasteiger partial charge is 0.234 e. The topological polar surface area (TPSA) is 75.0 Å². The van der Waals surface area contributed by atoms with Gasteiger partial charge >= 0.3 is 0 Å². The fourth-order valence-corrected chi connectivity index (χ4v) is 3.34. The number of aromatic nitrogens is 1.